The number of carbonyl (C=O) groups excluding carboxylic acids is 1. The quantitative estimate of drug-likeness (QED) is 0.193. The lowest BCUT2D eigenvalue weighted by Gasteiger charge is -2.20. The first-order chi connectivity index (χ1) is 16.4. The van der Waals surface area contributed by atoms with Gasteiger partial charge in [-0.2, -0.15) is 0 Å². The third-order valence-corrected chi connectivity index (χ3v) is 6.95. The van der Waals surface area contributed by atoms with Gasteiger partial charge in [0.05, 0.1) is 10.2 Å². The molecule has 0 aliphatic heterocycles. The molecule has 0 N–H and O–H groups in total. The van der Waals surface area contributed by atoms with Crippen LogP contribution in [0.4, 0.5) is 5.13 Å². The van der Waals surface area contributed by atoms with Crippen molar-refractivity contribution in [1.29, 1.82) is 0 Å². The van der Waals surface area contributed by atoms with Crippen LogP contribution in [-0.2, 0) is 0 Å². The summed E-state index contributed by atoms with van der Waals surface area (Å²) in [6.07, 6.45) is 0.720. The normalized spacial score (nSPS) is 11.3. The van der Waals surface area contributed by atoms with Gasteiger partial charge in [-0.15, -0.1) is 12.4 Å². The first-order valence-electron chi connectivity index (χ1n) is 10.9. The molecule has 0 aliphatic rings. The highest BCUT2D eigenvalue weighted by atomic mass is 35.5. The van der Waals surface area contributed by atoms with Gasteiger partial charge in [-0.25, -0.2) is 9.78 Å². The summed E-state index contributed by atoms with van der Waals surface area (Å²) in [6, 6.07) is 18.6. The minimum Gasteiger partial charge on any atom is -0.422 e. The fourth-order valence-corrected chi connectivity index (χ4v) is 5.26. The lowest BCUT2D eigenvalue weighted by molar-refractivity contribution is 0.0982. The number of hydrogen-bond acceptors (Lipinski definition) is 6. The number of halogens is 2. The van der Waals surface area contributed by atoms with E-state index in [0.29, 0.717) is 22.3 Å². The maximum atomic E-state index is 13.8. The summed E-state index contributed by atoms with van der Waals surface area (Å²) >= 11 is 7.52. The van der Waals surface area contributed by atoms with Crippen LogP contribution in [0.2, 0.25) is 5.02 Å². The van der Waals surface area contributed by atoms with Crippen LogP contribution >= 0.6 is 35.3 Å². The van der Waals surface area contributed by atoms with Crippen molar-refractivity contribution in [2.75, 3.05) is 32.1 Å². The molecule has 9 heteroatoms. The Labute approximate surface area is 217 Å². The first-order valence-corrected chi connectivity index (χ1v) is 12.1. The van der Waals surface area contributed by atoms with Crippen LogP contribution in [0.25, 0.3) is 32.0 Å². The number of hydrogen-bond donors (Lipinski definition) is 0. The number of nitrogens with zero attached hydrogens (tertiary/aromatic N) is 3. The van der Waals surface area contributed by atoms with E-state index in [2.05, 4.69) is 9.88 Å². The fraction of sp³-hybridized carbons (Fsp3) is 0.192. The smallest absolute Gasteiger partial charge is 0.349 e. The molecule has 1 amide bonds. The van der Waals surface area contributed by atoms with Gasteiger partial charge in [0.1, 0.15) is 11.1 Å². The molecule has 0 radical (unpaired) electrons. The molecule has 0 bridgehead atoms. The van der Waals surface area contributed by atoms with Crippen LogP contribution in [0, 0.1) is 0 Å². The van der Waals surface area contributed by atoms with Crippen molar-refractivity contribution in [3.63, 3.8) is 0 Å². The van der Waals surface area contributed by atoms with Crippen molar-refractivity contribution in [2.45, 2.75) is 6.42 Å². The molecule has 2 aromatic heterocycles. The van der Waals surface area contributed by atoms with E-state index in [0.717, 1.165) is 39.3 Å². The number of aromatic nitrogens is 1. The van der Waals surface area contributed by atoms with Gasteiger partial charge in [-0.3, -0.25) is 9.69 Å². The van der Waals surface area contributed by atoms with Crippen LogP contribution in [0.15, 0.2) is 69.9 Å². The molecule has 0 aliphatic carbocycles. The van der Waals surface area contributed by atoms with E-state index in [-0.39, 0.29) is 18.0 Å². The number of amides is 1. The first kappa shape index (κ1) is 25.1. The molecular weight excluding hydrogens is 505 g/mol. The van der Waals surface area contributed by atoms with E-state index in [1.165, 1.54) is 11.3 Å². The topological polar surface area (TPSA) is 66.7 Å². The molecule has 0 fully saturated rings. The minimum absolute atomic E-state index is 0. The summed E-state index contributed by atoms with van der Waals surface area (Å²) in [5, 5.41) is 3.79. The summed E-state index contributed by atoms with van der Waals surface area (Å²) in [6.45, 7) is 1.20. The SMILES string of the molecule is CN(C)CCCN(C(=O)c1cc2c(ccc3ccccc32)oc1=O)c1nc2ccc(Cl)cc2s1.Cl. The van der Waals surface area contributed by atoms with Gasteiger partial charge in [-0.05, 0) is 68.2 Å². The molecule has 5 rings (SSSR count). The molecule has 0 unspecified atom stereocenters. The van der Waals surface area contributed by atoms with Crippen molar-refractivity contribution in [3.05, 3.63) is 81.7 Å². The second kappa shape index (κ2) is 10.3. The molecular formula is C26H23Cl2N3O3S. The average molecular weight is 528 g/mol. The predicted octanol–water partition coefficient (Wildman–Crippen LogP) is 6.23. The fourth-order valence-electron chi connectivity index (χ4n) is 4.00. The minimum atomic E-state index is -0.658. The lowest BCUT2D eigenvalue weighted by Crippen LogP contribution is -2.36. The van der Waals surface area contributed by atoms with Crippen LogP contribution in [0.3, 0.4) is 0 Å². The van der Waals surface area contributed by atoms with E-state index in [1.807, 2.05) is 56.6 Å². The number of anilines is 1. The van der Waals surface area contributed by atoms with Crippen molar-refractivity contribution < 1.29 is 9.21 Å². The summed E-state index contributed by atoms with van der Waals surface area (Å²) in [4.78, 5) is 34.9. The zero-order valence-electron chi connectivity index (χ0n) is 19.2. The summed E-state index contributed by atoms with van der Waals surface area (Å²) in [7, 11) is 3.96. The Bertz CT molecular complexity index is 1600. The molecule has 0 saturated heterocycles. The van der Waals surface area contributed by atoms with Gasteiger partial charge < -0.3 is 9.32 Å². The molecule has 3 aromatic carbocycles. The third-order valence-electron chi connectivity index (χ3n) is 5.67. The van der Waals surface area contributed by atoms with E-state index in [9.17, 15) is 9.59 Å². The van der Waals surface area contributed by atoms with E-state index < -0.39 is 11.5 Å². The second-order valence-corrected chi connectivity index (χ2v) is 9.81. The van der Waals surface area contributed by atoms with Gasteiger partial charge in [0, 0.05) is 17.0 Å². The van der Waals surface area contributed by atoms with Crippen molar-refractivity contribution in [1.82, 2.24) is 9.88 Å². The van der Waals surface area contributed by atoms with Gasteiger partial charge in [0.2, 0.25) is 0 Å². The van der Waals surface area contributed by atoms with Crippen molar-refractivity contribution >= 4 is 78.3 Å². The zero-order chi connectivity index (χ0) is 23.8. The maximum absolute atomic E-state index is 13.8. The zero-order valence-corrected chi connectivity index (χ0v) is 21.5. The molecule has 180 valence electrons. The predicted molar refractivity (Wildman–Crippen MR) is 147 cm³/mol. The number of rotatable bonds is 6. The van der Waals surface area contributed by atoms with Gasteiger partial charge in [0.25, 0.3) is 5.91 Å². The van der Waals surface area contributed by atoms with E-state index >= 15 is 0 Å². The molecule has 35 heavy (non-hydrogen) atoms. The summed E-state index contributed by atoms with van der Waals surface area (Å²) < 4.78 is 6.46. The standard InChI is InChI=1S/C26H22ClN3O3S.ClH/c1-29(2)12-5-13-30(26-28-21-10-9-17(27)14-23(21)34-26)24(31)20-15-19-18-7-4-3-6-16(18)8-11-22(19)33-25(20)32;/h3-4,6-11,14-15H,5,12-13H2,1-2H3;1H. The van der Waals surface area contributed by atoms with Gasteiger partial charge in [0.15, 0.2) is 5.13 Å². The summed E-state index contributed by atoms with van der Waals surface area (Å²) in [5.41, 5.74) is 0.543. The molecule has 6 nitrogen and oxygen atoms in total. The molecule has 0 spiro atoms. The van der Waals surface area contributed by atoms with Crippen molar-refractivity contribution in [2.24, 2.45) is 0 Å². The Balaban J connectivity index is 0.00000289. The maximum Gasteiger partial charge on any atom is 0.349 e. The lowest BCUT2D eigenvalue weighted by atomic mass is 10.0. The molecule has 0 saturated carbocycles. The largest absolute Gasteiger partial charge is 0.422 e. The van der Waals surface area contributed by atoms with Crippen LogP contribution in [0.1, 0.15) is 16.8 Å². The highest BCUT2D eigenvalue weighted by Crippen LogP contribution is 2.32. The Morgan fingerprint density at radius 2 is 1.83 bits per heavy atom. The average Bonchev–Trinajstić information content (AvgIpc) is 3.23. The molecule has 5 aromatic rings. The molecule has 2 heterocycles. The third kappa shape index (κ3) is 5.04. The molecule has 0 atom stereocenters. The Hall–Kier alpha value is -2.97. The van der Waals surface area contributed by atoms with Crippen molar-refractivity contribution in [3.8, 4) is 0 Å². The monoisotopic (exact) mass is 527 g/mol. The Morgan fingerprint density at radius 1 is 1.03 bits per heavy atom. The van der Waals surface area contributed by atoms with Crippen LogP contribution in [-0.4, -0.2) is 43.0 Å². The van der Waals surface area contributed by atoms with E-state index in [4.69, 9.17) is 16.0 Å². The number of benzene rings is 3. The second-order valence-electron chi connectivity index (χ2n) is 8.37. The Morgan fingerprint density at radius 3 is 2.63 bits per heavy atom. The highest BCUT2D eigenvalue weighted by Gasteiger charge is 2.25. The number of thiazole rings is 1. The highest BCUT2D eigenvalue weighted by molar-refractivity contribution is 7.22. The number of fused-ring (bicyclic) bond motifs is 4. The number of carbonyl (C=O) groups is 1. The van der Waals surface area contributed by atoms with Crippen LogP contribution in [0.5, 0.6) is 0 Å². The van der Waals surface area contributed by atoms with Crippen LogP contribution < -0.4 is 10.5 Å². The van der Waals surface area contributed by atoms with Gasteiger partial charge in [-0.1, -0.05) is 53.3 Å². The van der Waals surface area contributed by atoms with Gasteiger partial charge >= 0.3 is 5.63 Å². The summed E-state index contributed by atoms with van der Waals surface area (Å²) in [5.74, 6) is -0.424. The Kier molecular flexibility index (Phi) is 7.42. The van der Waals surface area contributed by atoms with E-state index in [1.54, 1.807) is 23.1 Å².